The number of carboxylic acids is 1. The minimum atomic E-state index is -0.990. The maximum atomic E-state index is 10.8. The van der Waals surface area contributed by atoms with E-state index in [1.165, 1.54) is 0 Å². The summed E-state index contributed by atoms with van der Waals surface area (Å²) in [5.41, 5.74) is 2.70. The van der Waals surface area contributed by atoms with Crippen LogP contribution >= 0.6 is 0 Å². The fourth-order valence-corrected chi connectivity index (χ4v) is 3.64. The van der Waals surface area contributed by atoms with Gasteiger partial charge in [-0.1, -0.05) is 24.3 Å². The van der Waals surface area contributed by atoms with Gasteiger partial charge in [0.15, 0.2) is 0 Å². The van der Waals surface area contributed by atoms with Gasteiger partial charge in [0.1, 0.15) is 12.3 Å². The lowest BCUT2D eigenvalue weighted by Crippen LogP contribution is -2.24. The molecule has 134 valence electrons. The van der Waals surface area contributed by atoms with Crippen LogP contribution in [-0.4, -0.2) is 44.7 Å². The number of hydrogen-bond acceptors (Lipinski definition) is 4. The summed E-state index contributed by atoms with van der Waals surface area (Å²) in [6.45, 7) is -0.223. The molecule has 6 nitrogen and oxygen atoms in total. The number of benzene rings is 2. The number of fused-ring (bicyclic) bond motifs is 3. The molecule has 2 heterocycles. The lowest BCUT2D eigenvalue weighted by molar-refractivity contribution is -0.131. The van der Waals surface area contributed by atoms with Gasteiger partial charge in [-0.05, 0) is 29.8 Å². The first-order valence-electron chi connectivity index (χ1n) is 8.46. The van der Waals surface area contributed by atoms with Crippen LogP contribution in [0.2, 0.25) is 0 Å². The third-order valence-electron chi connectivity index (χ3n) is 4.82. The molecule has 1 saturated heterocycles. The summed E-state index contributed by atoms with van der Waals surface area (Å²) in [5, 5.41) is 30.3. The Morgan fingerprint density at radius 2 is 1.96 bits per heavy atom. The van der Waals surface area contributed by atoms with E-state index in [4.69, 9.17) is 9.84 Å². The summed E-state index contributed by atoms with van der Waals surface area (Å²) >= 11 is 0. The highest BCUT2D eigenvalue weighted by molar-refractivity contribution is 6.08. The highest BCUT2D eigenvalue weighted by Crippen LogP contribution is 2.38. The van der Waals surface area contributed by atoms with Crippen LogP contribution in [0.15, 0.2) is 48.5 Å². The lowest BCUT2D eigenvalue weighted by Gasteiger charge is -2.16. The van der Waals surface area contributed by atoms with Gasteiger partial charge in [-0.3, -0.25) is 0 Å². The number of carbonyl (C=O) groups is 1. The third-order valence-corrected chi connectivity index (χ3v) is 4.82. The molecular weight excluding hydrogens is 334 g/mol. The molecule has 3 aromatic rings. The molecule has 6 heteroatoms. The third kappa shape index (κ3) is 2.78. The first-order valence-corrected chi connectivity index (χ1v) is 8.46. The zero-order valence-electron chi connectivity index (χ0n) is 13.9. The Kier molecular flexibility index (Phi) is 4.24. The lowest BCUT2D eigenvalue weighted by atomic mass is 10.1. The first kappa shape index (κ1) is 16.8. The average Bonchev–Trinajstić information content (AvgIpc) is 3.17. The van der Waals surface area contributed by atoms with Crippen molar-refractivity contribution >= 4 is 33.9 Å². The maximum absolute atomic E-state index is 10.8. The van der Waals surface area contributed by atoms with E-state index in [-0.39, 0.29) is 12.8 Å². The molecule has 0 aliphatic carbocycles. The minimum Gasteiger partial charge on any atom is -0.478 e. The van der Waals surface area contributed by atoms with Crippen LogP contribution in [0.25, 0.3) is 27.9 Å². The van der Waals surface area contributed by atoms with Crippen molar-refractivity contribution in [2.24, 2.45) is 0 Å². The molecule has 0 saturated carbocycles. The number of rotatable bonds is 4. The number of aliphatic carboxylic acids is 1. The van der Waals surface area contributed by atoms with Crippen molar-refractivity contribution in [3.63, 3.8) is 0 Å². The quantitative estimate of drug-likeness (QED) is 0.627. The molecule has 1 aromatic heterocycles. The smallest absolute Gasteiger partial charge is 0.328 e. The predicted octanol–water partition coefficient (Wildman–Crippen LogP) is 2.53. The summed E-state index contributed by atoms with van der Waals surface area (Å²) in [7, 11) is 0. The van der Waals surface area contributed by atoms with Crippen LogP contribution in [0, 0.1) is 0 Å². The summed E-state index contributed by atoms with van der Waals surface area (Å²) in [4.78, 5) is 10.8. The van der Waals surface area contributed by atoms with Gasteiger partial charge in [-0.25, -0.2) is 4.79 Å². The average molecular weight is 353 g/mol. The normalized spacial score (nSPS) is 23.4. The monoisotopic (exact) mass is 353 g/mol. The van der Waals surface area contributed by atoms with E-state index in [1.807, 2.05) is 47.0 Å². The van der Waals surface area contributed by atoms with Crippen LogP contribution in [0.5, 0.6) is 0 Å². The fourth-order valence-electron chi connectivity index (χ4n) is 3.64. The van der Waals surface area contributed by atoms with E-state index in [1.54, 1.807) is 6.08 Å². The molecular formula is C20H19NO5. The van der Waals surface area contributed by atoms with Gasteiger partial charge in [0, 0.05) is 23.3 Å². The van der Waals surface area contributed by atoms with Crippen molar-refractivity contribution in [2.45, 2.75) is 24.9 Å². The van der Waals surface area contributed by atoms with Crippen molar-refractivity contribution in [3.8, 4) is 0 Å². The Hall–Kier alpha value is -2.67. The Morgan fingerprint density at radius 3 is 2.69 bits per heavy atom. The molecule has 3 N–H and O–H groups in total. The molecule has 0 amide bonds. The molecule has 0 bridgehead atoms. The van der Waals surface area contributed by atoms with E-state index >= 15 is 0 Å². The van der Waals surface area contributed by atoms with Gasteiger partial charge in [-0.2, -0.15) is 0 Å². The summed E-state index contributed by atoms with van der Waals surface area (Å²) in [6.07, 6.45) is 1.41. The fraction of sp³-hybridized carbons (Fsp3) is 0.250. The van der Waals surface area contributed by atoms with Crippen molar-refractivity contribution in [2.75, 3.05) is 6.61 Å². The van der Waals surface area contributed by atoms with E-state index in [2.05, 4.69) is 0 Å². The molecule has 1 fully saturated rings. The summed E-state index contributed by atoms with van der Waals surface area (Å²) in [6, 6.07) is 13.6. The van der Waals surface area contributed by atoms with Crippen molar-refractivity contribution in [3.05, 3.63) is 54.1 Å². The van der Waals surface area contributed by atoms with Crippen LogP contribution < -0.4 is 0 Å². The van der Waals surface area contributed by atoms with Gasteiger partial charge < -0.3 is 24.6 Å². The highest BCUT2D eigenvalue weighted by Gasteiger charge is 2.35. The number of nitrogens with zero attached hydrogens (tertiary/aromatic N) is 1. The minimum absolute atomic E-state index is 0.223. The number of aromatic nitrogens is 1. The second-order valence-corrected chi connectivity index (χ2v) is 6.45. The van der Waals surface area contributed by atoms with E-state index in [9.17, 15) is 15.0 Å². The Labute approximate surface area is 149 Å². The number of carboxylic acid groups (broad SMARTS) is 1. The van der Waals surface area contributed by atoms with E-state index < -0.39 is 18.2 Å². The number of aliphatic hydroxyl groups is 2. The summed E-state index contributed by atoms with van der Waals surface area (Å²) in [5.74, 6) is -0.990. The molecule has 3 atom stereocenters. The largest absolute Gasteiger partial charge is 0.478 e. The van der Waals surface area contributed by atoms with Gasteiger partial charge in [0.2, 0.25) is 0 Å². The van der Waals surface area contributed by atoms with Crippen LogP contribution in [-0.2, 0) is 9.53 Å². The molecule has 0 unspecified atom stereocenters. The second kappa shape index (κ2) is 6.57. The first-order chi connectivity index (χ1) is 12.6. The van der Waals surface area contributed by atoms with Crippen molar-refractivity contribution in [1.82, 2.24) is 4.57 Å². The standard InChI is InChI=1S/C20H19NO5/c22-11-18-17(23)10-19(26-18)21-15-4-2-1-3-13(15)14-9-12(5-7-16(14)21)6-8-20(24)25/h1-9,17-19,22-23H,10-11H2,(H,24,25)/b8-6+/t17-,18+,19+/m0/s1. The van der Waals surface area contributed by atoms with Crippen LogP contribution in [0.4, 0.5) is 0 Å². The highest BCUT2D eigenvalue weighted by atomic mass is 16.5. The molecule has 1 aliphatic heterocycles. The van der Waals surface area contributed by atoms with E-state index in [0.717, 1.165) is 33.4 Å². The number of ether oxygens (including phenoxy) is 1. The Bertz CT molecular complexity index is 1010. The van der Waals surface area contributed by atoms with Gasteiger partial charge in [0.05, 0.1) is 23.7 Å². The van der Waals surface area contributed by atoms with Gasteiger partial charge in [0.25, 0.3) is 0 Å². The van der Waals surface area contributed by atoms with Gasteiger partial charge in [-0.15, -0.1) is 0 Å². The van der Waals surface area contributed by atoms with Gasteiger partial charge >= 0.3 is 5.97 Å². The predicted molar refractivity (Wildman–Crippen MR) is 97.7 cm³/mol. The van der Waals surface area contributed by atoms with Crippen LogP contribution in [0.1, 0.15) is 18.2 Å². The SMILES string of the molecule is O=C(O)/C=C/c1ccc2c(c1)c1ccccc1n2[C@H]1C[C@H](O)[C@@H](CO)O1. The molecule has 1 aliphatic rings. The topological polar surface area (TPSA) is 91.9 Å². The number of aliphatic hydroxyl groups excluding tert-OH is 2. The maximum Gasteiger partial charge on any atom is 0.328 e. The summed E-state index contributed by atoms with van der Waals surface area (Å²) < 4.78 is 7.90. The zero-order chi connectivity index (χ0) is 18.3. The molecule has 4 rings (SSSR count). The number of hydrogen-bond donors (Lipinski definition) is 3. The van der Waals surface area contributed by atoms with Crippen LogP contribution in [0.3, 0.4) is 0 Å². The van der Waals surface area contributed by atoms with Crippen molar-refractivity contribution in [1.29, 1.82) is 0 Å². The molecule has 0 radical (unpaired) electrons. The molecule has 2 aromatic carbocycles. The number of para-hydroxylation sites is 1. The molecule has 26 heavy (non-hydrogen) atoms. The Balaban J connectivity index is 1.88. The molecule has 0 spiro atoms. The Morgan fingerprint density at radius 1 is 1.19 bits per heavy atom. The second-order valence-electron chi connectivity index (χ2n) is 6.45. The zero-order valence-corrected chi connectivity index (χ0v) is 13.9. The van der Waals surface area contributed by atoms with Crippen molar-refractivity contribution < 1.29 is 24.9 Å². The van der Waals surface area contributed by atoms with E-state index in [0.29, 0.717) is 6.42 Å².